The normalized spacial score (nSPS) is 12.8. The first-order valence-corrected chi connectivity index (χ1v) is 21.0. The average molecular weight is 769 g/mol. The average Bonchev–Trinajstić information content (AvgIpc) is 3.80. The van der Waals surface area contributed by atoms with Crippen LogP contribution in [0.1, 0.15) is 57.6 Å². The lowest BCUT2D eigenvalue weighted by Crippen LogP contribution is -2.59. The molecule has 0 saturated carbocycles. The molecule has 0 aliphatic carbocycles. The molecule has 0 spiro atoms. The van der Waals surface area contributed by atoms with Gasteiger partial charge in [-0.15, -0.1) is 5.10 Å². The van der Waals surface area contributed by atoms with E-state index in [-0.39, 0.29) is 5.54 Å². The molecule has 5 nitrogen and oxygen atoms in total. The van der Waals surface area contributed by atoms with E-state index in [0.29, 0.717) is 0 Å². The summed E-state index contributed by atoms with van der Waals surface area (Å²) in [5, 5.41) is 9.29. The van der Waals surface area contributed by atoms with Crippen molar-refractivity contribution in [3.8, 4) is 50.5 Å². The van der Waals surface area contributed by atoms with E-state index < -0.39 is 0 Å². The molecule has 0 fully saturated rings. The zero-order chi connectivity index (χ0) is 40.3. The van der Waals surface area contributed by atoms with Crippen LogP contribution in [0.3, 0.4) is 0 Å². The van der Waals surface area contributed by atoms with Crippen LogP contribution in [-0.2, 0) is 12.0 Å². The fourth-order valence-corrected chi connectivity index (χ4v) is 8.92. The predicted octanol–water partition coefficient (Wildman–Crippen LogP) is 13.6. The van der Waals surface area contributed by atoms with Crippen molar-refractivity contribution in [1.29, 1.82) is 0 Å². The largest absolute Gasteiger partial charge is 0.310 e. The van der Waals surface area contributed by atoms with Crippen molar-refractivity contribution < 1.29 is 4.57 Å². The molecule has 290 valence electrons. The van der Waals surface area contributed by atoms with Gasteiger partial charge in [-0.2, -0.15) is 4.57 Å². The molecule has 3 heterocycles. The first-order valence-electron chi connectivity index (χ1n) is 21.0. The van der Waals surface area contributed by atoms with E-state index in [2.05, 4.69) is 217 Å². The third kappa shape index (κ3) is 7.08. The molecule has 9 rings (SSSR count). The minimum Gasteiger partial charge on any atom is -0.310 e. The highest BCUT2D eigenvalue weighted by Crippen LogP contribution is 2.44. The fourth-order valence-electron chi connectivity index (χ4n) is 8.92. The summed E-state index contributed by atoms with van der Waals surface area (Å²) in [5.41, 5.74) is 16.8. The molecule has 59 heavy (non-hydrogen) atoms. The summed E-state index contributed by atoms with van der Waals surface area (Å²) >= 11 is 0. The molecular formula is C54H50N5+. The second-order valence-corrected chi connectivity index (χ2v) is 15.6. The molecule has 0 radical (unpaired) electrons. The van der Waals surface area contributed by atoms with E-state index in [4.69, 9.17) is 0 Å². The number of rotatable bonds is 12. The lowest BCUT2D eigenvalue weighted by atomic mass is 9.75. The molecular weight excluding hydrogens is 719 g/mol. The summed E-state index contributed by atoms with van der Waals surface area (Å²) in [5.74, 6) is 0. The van der Waals surface area contributed by atoms with Gasteiger partial charge in [0, 0.05) is 53.2 Å². The van der Waals surface area contributed by atoms with Gasteiger partial charge in [-0.3, -0.25) is 0 Å². The Hall–Kier alpha value is -6.85. The number of anilines is 3. The Labute approximate surface area is 348 Å². The number of allylic oxidation sites excluding steroid dienone is 1. The van der Waals surface area contributed by atoms with E-state index in [9.17, 15) is 0 Å². The van der Waals surface area contributed by atoms with Crippen molar-refractivity contribution in [1.82, 2.24) is 15.0 Å². The monoisotopic (exact) mass is 768 g/mol. The minimum absolute atomic E-state index is 0.138. The van der Waals surface area contributed by atoms with Crippen LogP contribution in [0.25, 0.3) is 56.0 Å². The Kier molecular flexibility index (Phi) is 10.3. The van der Waals surface area contributed by atoms with Crippen LogP contribution >= 0.6 is 0 Å². The minimum atomic E-state index is -0.138. The molecule has 0 atom stereocenters. The second-order valence-electron chi connectivity index (χ2n) is 15.6. The molecule has 6 aromatic carbocycles. The van der Waals surface area contributed by atoms with Crippen LogP contribution in [-0.4, -0.2) is 15.0 Å². The molecule has 5 heteroatoms. The standard InChI is InChI=1S/C54H50N5/c1-5-8-17-40-18-14-21-43(34-40)45-23-16-25-49(36-45)59(48-24-15-22-44(35-48)41-19-10-9-11-20-41)46-29-27-42(28-30-46)52-38-58(56-55-52)47-31-32-50-39(4)54(6-2,7-3)57-33-13-12-26-53(57)51(50)37-47/h9-16,18-38H,4-8,17H2,1-3H3/q+1. The van der Waals surface area contributed by atoms with Crippen molar-refractivity contribution >= 4 is 22.6 Å². The van der Waals surface area contributed by atoms with Gasteiger partial charge < -0.3 is 4.90 Å². The maximum atomic E-state index is 4.67. The van der Waals surface area contributed by atoms with E-state index in [1.54, 1.807) is 0 Å². The van der Waals surface area contributed by atoms with Gasteiger partial charge in [0.25, 0.3) is 0 Å². The van der Waals surface area contributed by atoms with Gasteiger partial charge in [0.15, 0.2) is 11.7 Å². The van der Waals surface area contributed by atoms with Crippen LogP contribution in [0, 0.1) is 0 Å². The Morgan fingerprint density at radius 1 is 0.593 bits per heavy atom. The van der Waals surface area contributed by atoms with Gasteiger partial charge in [-0.25, -0.2) is 4.68 Å². The van der Waals surface area contributed by atoms with Crippen LogP contribution < -0.4 is 9.47 Å². The Morgan fingerprint density at radius 3 is 1.97 bits per heavy atom. The topological polar surface area (TPSA) is 37.8 Å². The smallest absolute Gasteiger partial charge is 0.213 e. The van der Waals surface area contributed by atoms with Crippen LogP contribution in [0.4, 0.5) is 17.1 Å². The highest BCUT2D eigenvalue weighted by Gasteiger charge is 2.46. The van der Waals surface area contributed by atoms with Crippen LogP contribution in [0.15, 0.2) is 183 Å². The number of fused-ring (bicyclic) bond motifs is 3. The zero-order valence-corrected chi connectivity index (χ0v) is 34.2. The van der Waals surface area contributed by atoms with Gasteiger partial charge in [0.1, 0.15) is 5.69 Å². The van der Waals surface area contributed by atoms with Crippen LogP contribution in [0.2, 0.25) is 0 Å². The quantitative estimate of drug-likeness (QED) is 0.116. The molecule has 2 aromatic heterocycles. The number of nitrogens with zero attached hydrogens (tertiary/aromatic N) is 5. The van der Waals surface area contributed by atoms with Crippen molar-refractivity contribution in [3.05, 3.63) is 194 Å². The van der Waals surface area contributed by atoms with Gasteiger partial charge in [0.05, 0.1) is 17.4 Å². The van der Waals surface area contributed by atoms with E-state index in [0.717, 1.165) is 64.4 Å². The summed E-state index contributed by atoms with van der Waals surface area (Å²) in [7, 11) is 0. The highest BCUT2D eigenvalue weighted by molar-refractivity contribution is 5.85. The summed E-state index contributed by atoms with van der Waals surface area (Å²) in [6.07, 6.45) is 9.66. The summed E-state index contributed by atoms with van der Waals surface area (Å²) in [6.45, 7) is 11.4. The van der Waals surface area contributed by atoms with Gasteiger partial charge in [-0.1, -0.05) is 136 Å². The lowest BCUT2D eigenvalue weighted by Gasteiger charge is -2.34. The van der Waals surface area contributed by atoms with Gasteiger partial charge >= 0.3 is 0 Å². The molecule has 0 bridgehead atoms. The van der Waals surface area contributed by atoms with Crippen molar-refractivity contribution in [2.24, 2.45) is 0 Å². The Morgan fingerprint density at radius 2 is 1.25 bits per heavy atom. The Balaban J connectivity index is 1.06. The number of hydrogen-bond acceptors (Lipinski definition) is 3. The molecule has 0 unspecified atom stereocenters. The van der Waals surface area contributed by atoms with Crippen molar-refractivity contribution in [2.75, 3.05) is 4.90 Å². The summed E-state index contributed by atoms with van der Waals surface area (Å²) in [4.78, 5) is 2.35. The second kappa shape index (κ2) is 16.2. The fraction of sp³-hybridized carbons (Fsp3) is 0.167. The summed E-state index contributed by atoms with van der Waals surface area (Å²) < 4.78 is 4.30. The predicted molar refractivity (Wildman–Crippen MR) is 244 cm³/mol. The van der Waals surface area contributed by atoms with Crippen molar-refractivity contribution in [3.63, 3.8) is 0 Å². The van der Waals surface area contributed by atoms with E-state index >= 15 is 0 Å². The maximum Gasteiger partial charge on any atom is 0.213 e. The summed E-state index contributed by atoms with van der Waals surface area (Å²) in [6, 6.07) is 59.0. The number of unbranched alkanes of at least 4 members (excludes halogenated alkanes) is 1. The molecule has 0 saturated heterocycles. The number of benzene rings is 6. The Bertz CT molecular complexity index is 2760. The number of hydrogen-bond donors (Lipinski definition) is 0. The first-order chi connectivity index (χ1) is 29.0. The van der Waals surface area contributed by atoms with Crippen molar-refractivity contribution in [2.45, 2.75) is 58.4 Å². The zero-order valence-electron chi connectivity index (χ0n) is 34.2. The van der Waals surface area contributed by atoms with E-state index in [1.165, 1.54) is 51.9 Å². The maximum absolute atomic E-state index is 4.67. The third-order valence-corrected chi connectivity index (χ3v) is 12.2. The van der Waals surface area contributed by atoms with Gasteiger partial charge in [-0.05, 0) is 101 Å². The van der Waals surface area contributed by atoms with E-state index in [1.807, 2.05) is 10.9 Å². The molecule has 1 aliphatic heterocycles. The highest BCUT2D eigenvalue weighted by atomic mass is 15.4. The molecule has 1 aliphatic rings. The third-order valence-electron chi connectivity index (χ3n) is 12.2. The van der Waals surface area contributed by atoms with Crippen LogP contribution in [0.5, 0.6) is 0 Å². The lowest BCUT2D eigenvalue weighted by molar-refractivity contribution is -0.741. The number of pyridine rings is 1. The number of aryl methyl sites for hydroxylation is 1. The molecule has 0 N–H and O–H groups in total. The SMILES string of the molecule is C=C1c2ccc(-n3cc(-c4ccc(N(c5cccc(-c6ccccc6)c5)c5cccc(-c6cccc(CCCC)c6)c5)cc4)nn3)cc2-c2cccc[n+]2C1(CC)CC. The first kappa shape index (κ1) is 37.7. The number of aromatic nitrogens is 4. The molecule has 0 amide bonds. The van der Waals surface area contributed by atoms with Gasteiger partial charge in [0.2, 0.25) is 5.69 Å². The molecule has 8 aromatic rings.